The molecule has 9 heteroatoms. The monoisotopic (exact) mass is 447 g/mol. The van der Waals surface area contributed by atoms with E-state index >= 15 is 0 Å². The maximum absolute atomic E-state index is 12.7. The average molecular weight is 448 g/mol. The number of hydrogen-bond acceptors (Lipinski definition) is 4. The highest BCUT2D eigenvalue weighted by Crippen LogP contribution is 2.26. The molecule has 2 aromatic rings. The molecule has 7 nitrogen and oxygen atoms in total. The largest absolute Gasteiger partial charge is 0.330 e. The van der Waals surface area contributed by atoms with Crippen LogP contribution in [-0.2, 0) is 17.9 Å². The van der Waals surface area contributed by atoms with E-state index in [0.29, 0.717) is 52.9 Å². The number of rotatable bonds is 4. The van der Waals surface area contributed by atoms with Crippen molar-refractivity contribution in [2.45, 2.75) is 32.0 Å². The Morgan fingerprint density at radius 2 is 2.07 bits per heavy atom. The van der Waals surface area contributed by atoms with Crippen LogP contribution in [0.15, 0.2) is 36.5 Å². The smallest absolute Gasteiger partial charge is 0.273 e. The van der Waals surface area contributed by atoms with Crippen LogP contribution < -0.4 is 5.32 Å². The molecular formula is C21H23Cl2N5O2. The van der Waals surface area contributed by atoms with Gasteiger partial charge < -0.3 is 14.8 Å². The fraction of sp³-hybridized carbons (Fsp3) is 0.381. The molecule has 1 aromatic heterocycles. The third-order valence-corrected chi connectivity index (χ3v) is 6.19. The number of nitrogens with zero attached hydrogens (tertiary/aromatic N) is 4. The summed E-state index contributed by atoms with van der Waals surface area (Å²) in [6, 6.07) is 5.22. The van der Waals surface area contributed by atoms with Crippen LogP contribution in [0.1, 0.15) is 29.2 Å². The van der Waals surface area contributed by atoms with Gasteiger partial charge in [0.2, 0.25) is 5.91 Å². The maximum Gasteiger partial charge on any atom is 0.273 e. The number of carbonyl (C=O) groups is 2. The lowest BCUT2D eigenvalue weighted by Gasteiger charge is -2.27. The number of imidazole rings is 1. The molecule has 3 heterocycles. The summed E-state index contributed by atoms with van der Waals surface area (Å²) in [4.78, 5) is 33.7. The molecule has 4 rings (SSSR count). The number of anilines is 1. The van der Waals surface area contributed by atoms with Crippen LogP contribution in [0, 0.1) is 0 Å². The number of benzene rings is 1. The lowest BCUT2D eigenvalue weighted by molar-refractivity contribution is -0.127. The van der Waals surface area contributed by atoms with Crippen LogP contribution in [0.2, 0.25) is 10.0 Å². The Labute approximate surface area is 185 Å². The van der Waals surface area contributed by atoms with Gasteiger partial charge in [-0.15, -0.1) is 0 Å². The molecule has 0 aliphatic carbocycles. The fourth-order valence-electron chi connectivity index (χ4n) is 3.89. The Hall–Kier alpha value is -2.35. The van der Waals surface area contributed by atoms with Crippen molar-refractivity contribution in [3.63, 3.8) is 0 Å². The van der Waals surface area contributed by atoms with E-state index in [1.807, 2.05) is 10.6 Å². The third kappa shape index (κ3) is 4.38. The number of amides is 2. The van der Waals surface area contributed by atoms with Crippen molar-refractivity contribution in [2.24, 2.45) is 0 Å². The summed E-state index contributed by atoms with van der Waals surface area (Å²) in [7, 11) is 2.08. The Morgan fingerprint density at radius 3 is 2.83 bits per heavy atom. The van der Waals surface area contributed by atoms with Crippen LogP contribution in [-0.4, -0.2) is 57.3 Å². The van der Waals surface area contributed by atoms with Crippen LogP contribution in [0.5, 0.6) is 0 Å². The van der Waals surface area contributed by atoms with Crippen molar-refractivity contribution in [1.82, 2.24) is 19.4 Å². The van der Waals surface area contributed by atoms with Crippen molar-refractivity contribution >= 4 is 40.7 Å². The minimum Gasteiger partial charge on any atom is -0.330 e. The standard InChI is InChI=1S/C21H23Cl2N5O2/c1-26-8-2-3-15(26)5-7-20(29)27-9-10-28-18(12-24-19(28)13-27)21(30)25-17-11-14(22)4-6-16(17)23/h4-7,11-12,15H,2-3,8-10,13H2,1H3,(H,25,30)/b7-5+. The first-order valence-electron chi connectivity index (χ1n) is 9.90. The molecule has 1 N–H and O–H groups in total. The van der Waals surface area contributed by atoms with E-state index in [9.17, 15) is 9.59 Å². The van der Waals surface area contributed by atoms with E-state index in [0.717, 1.165) is 19.4 Å². The highest BCUT2D eigenvalue weighted by atomic mass is 35.5. The predicted molar refractivity (Wildman–Crippen MR) is 117 cm³/mol. The minimum atomic E-state index is -0.318. The van der Waals surface area contributed by atoms with Gasteiger partial charge in [0, 0.05) is 30.2 Å². The first-order valence-corrected chi connectivity index (χ1v) is 10.7. The molecule has 0 spiro atoms. The highest BCUT2D eigenvalue weighted by Gasteiger charge is 2.25. The van der Waals surface area contributed by atoms with Gasteiger partial charge in [0.05, 0.1) is 23.5 Å². The van der Waals surface area contributed by atoms with Crippen molar-refractivity contribution in [2.75, 3.05) is 25.5 Å². The molecule has 0 bridgehead atoms. The quantitative estimate of drug-likeness (QED) is 0.728. The molecule has 2 amide bonds. The van der Waals surface area contributed by atoms with E-state index in [1.54, 1.807) is 29.2 Å². The summed E-state index contributed by atoms with van der Waals surface area (Å²) in [6.07, 6.45) is 7.43. The molecular weight excluding hydrogens is 425 g/mol. The minimum absolute atomic E-state index is 0.0266. The van der Waals surface area contributed by atoms with Crippen LogP contribution in [0.3, 0.4) is 0 Å². The van der Waals surface area contributed by atoms with E-state index < -0.39 is 0 Å². The number of aromatic nitrogens is 2. The van der Waals surface area contributed by atoms with Crippen molar-refractivity contribution in [3.8, 4) is 0 Å². The normalized spacial score (nSPS) is 19.3. The fourth-order valence-corrected chi connectivity index (χ4v) is 4.22. The van der Waals surface area contributed by atoms with E-state index in [-0.39, 0.29) is 11.8 Å². The SMILES string of the molecule is CN1CCCC1/C=C/C(=O)N1CCn2c(C(=O)Nc3cc(Cl)ccc3Cl)cnc2C1. The first kappa shape index (κ1) is 20.9. The molecule has 158 valence electrons. The summed E-state index contributed by atoms with van der Waals surface area (Å²) in [6.45, 7) is 2.46. The van der Waals surface area contributed by atoms with Gasteiger partial charge in [0.1, 0.15) is 11.5 Å². The molecule has 1 unspecified atom stereocenters. The average Bonchev–Trinajstić information content (AvgIpc) is 3.34. The van der Waals surface area contributed by atoms with E-state index in [4.69, 9.17) is 23.2 Å². The number of halogens is 2. The molecule has 2 aliphatic heterocycles. The predicted octanol–water partition coefficient (Wildman–Crippen LogP) is 3.43. The first-order chi connectivity index (χ1) is 14.4. The number of likely N-dealkylation sites (tertiary alicyclic amines) is 1. The van der Waals surface area contributed by atoms with Crippen LogP contribution in [0.25, 0.3) is 0 Å². The van der Waals surface area contributed by atoms with Crippen molar-refractivity contribution < 1.29 is 9.59 Å². The van der Waals surface area contributed by atoms with Gasteiger partial charge in [0.25, 0.3) is 5.91 Å². The molecule has 2 aliphatic rings. The van der Waals surface area contributed by atoms with Gasteiger partial charge in [-0.3, -0.25) is 14.5 Å². The summed E-state index contributed by atoms with van der Waals surface area (Å²) in [5.74, 6) is 0.339. The van der Waals surface area contributed by atoms with Gasteiger partial charge >= 0.3 is 0 Å². The lowest BCUT2D eigenvalue weighted by Crippen LogP contribution is -2.38. The van der Waals surface area contributed by atoms with Crippen LogP contribution >= 0.6 is 23.2 Å². The number of likely N-dealkylation sites (N-methyl/N-ethyl adjacent to an activating group) is 1. The number of nitrogens with one attached hydrogen (secondary N) is 1. The molecule has 0 radical (unpaired) electrons. The number of fused-ring (bicyclic) bond motifs is 1. The summed E-state index contributed by atoms with van der Waals surface area (Å²) < 4.78 is 1.84. The van der Waals surface area contributed by atoms with Crippen molar-refractivity contribution in [3.05, 3.63) is 58.1 Å². The molecule has 0 saturated carbocycles. The van der Waals surface area contributed by atoms with Crippen LogP contribution in [0.4, 0.5) is 5.69 Å². The topological polar surface area (TPSA) is 70.5 Å². The third-order valence-electron chi connectivity index (χ3n) is 5.62. The van der Waals surface area contributed by atoms with Gasteiger partial charge in [-0.05, 0) is 44.6 Å². The van der Waals surface area contributed by atoms with E-state index in [2.05, 4.69) is 22.2 Å². The zero-order valence-electron chi connectivity index (χ0n) is 16.6. The highest BCUT2D eigenvalue weighted by molar-refractivity contribution is 6.35. The molecule has 1 saturated heterocycles. The van der Waals surface area contributed by atoms with E-state index in [1.165, 1.54) is 6.20 Å². The second kappa shape index (κ2) is 8.79. The second-order valence-electron chi connectivity index (χ2n) is 7.60. The van der Waals surface area contributed by atoms with Gasteiger partial charge in [-0.25, -0.2) is 4.98 Å². The summed E-state index contributed by atoms with van der Waals surface area (Å²) >= 11 is 12.1. The van der Waals surface area contributed by atoms with Gasteiger partial charge in [-0.2, -0.15) is 0 Å². The zero-order valence-corrected chi connectivity index (χ0v) is 18.2. The zero-order chi connectivity index (χ0) is 21.3. The molecule has 1 aromatic carbocycles. The Bertz CT molecular complexity index is 1000. The molecule has 1 fully saturated rings. The Balaban J connectivity index is 1.42. The Kier molecular flexibility index (Phi) is 6.13. The van der Waals surface area contributed by atoms with Gasteiger partial charge in [0.15, 0.2) is 0 Å². The number of hydrogen-bond donors (Lipinski definition) is 1. The van der Waals surface area contributed by atoms with Gasteiger partial charge in [-0.1, -0.05) is 29.3 Å². The lowest BCUT2D eigenvalue weighted by atomic mass is 10.2. The second-order valence-corrected chi connectivity index (χ2v) is 8.44. The summed E-state index contributed by atoms with van der Waals surface area (Å²) in [5, 5.41) is 3.67. The maximum atomic E-state index is 12.7. The molecule has 30 heavy (non-hydrogen) atoms. The summed E-state index contributed by atoms with van der Waals surface area (Å²) in [5.41, 5.74) is 0.871. The van der Waals surface area contributed by atoms with Crippen molar-refractivity contribution in [1.29, 1.82) is 0 Å². The Morgan fingerprint density at radius 1 is 1.23 bits per heavy atom. The molecule has 1 atom stereocenters. The number of carbonyl (C=O) groups excluding carboxylic acids is 2.